The highest BCUT2D eigenvalue weighted by Gasteiger charge is 2.31. The van der Waals surface area contributed by atoms with Gasteiger partial charge in [0.05, 0.1) is 12.4 Å². The Hall–Kier alpha value is -4.82. The van der Waals surface area contributed by atoms with Gasteiger partial charge in [0.1, 0.15) is 23.9 Å². The van der Waals surface area contributed by atoms with E-state index in [0.29, 0.717) is 17.0 Å². The van der Waals surface area contributed by atoms with Gasteiger partial charge in [-0.15, -0.1) is 0 Å². The minimum atomic E-state index is -1.28. The maximum absolute atomic E-state index is 13.8. The van der Waals surface area contributed by atoms with E-state index in [0.717, 1.165) is 16.5 Å². The number of para-hydroxylation sites is 1. The number of nitrogens with two attached hydrogens (primary N) is 1. The average Bonchev–Trinajstić information content (AvgIpc) is 3.69. The van der Waals surface area contributed by atoms with Crippen molar-refractivity contribution in [3.63, 3.8) is 0 Å². The largest absolute Gasteiger partial charge is 0.508 e. The number of imidazole rings is 1. The summed E-state index contributed by atoms with van der Waals surface area (Å²) >= 11 is 1.46. The van der Waals surface area contributed by atoms with Gasteiger partial charge < -0.3 is 41.9 Å². The summed E-state index contributed by atoms with van der Waals surface area (Å²) in [6.45, 7) is 0. The number of phenolic OH excluding ortho intramolecular Hbond substituents is 1. The number of aromatic nitrogens is 3. The zero-order chi connectivity index (χ0) is 32.3. The summed E-state index contributed by atoms with van der Waals surface area (Å²) in [5, 5.41) is 28.3. The first kappa shape index (κ1) is 33.1. The predicted molar refractivity (Wildman–Crippen MR) is 171 cm³/mol. The molecule has 45 heavy (non-hydrogen) atoms. The Kier molecular flexibility index (Phi) is 11.6. The first-order chi connectivity index (χ1) is 21.6. The van der Waals surface area contributed by atoms with Crippen LogP contribution >= 0.6 is 11.8 Å². The molecule has 0 saturated heterocycles. The van der Waals surface area contributed by atoms with Crippen LogP contribution in [0.15, 0.2) is 67.3 Å². The van der Waals surface area contributed by atoms with E-state index in [9.17, 15) is 29.4 Å². The lowest BCUT2D eigenvalue weighted by molar-refractivity contribution is -0.142. The Balaban J connectivity index is 1.52. The molecule has 3 amide bonds. The van der Waals surface area contributed by atoms with Crippen molar-refractivity contribution in [2.45, 2.75) is 49.9 Å². The fraction of sp³-hybridized carbons (Fsp3) is 0.323. The van der Waals surface area contributed by atoms with Gasteiger partial charge in [-0.05, 0) is 47.8 Å². The normalized spacial score (nSPS) is 13.8. The number of carbonyl (C=O) groups is 4. The number of aliphatic carboxylic acids is 1. The number of carbonyl (C=O) groups excluding carboxylic acids is 3. The monoisotopic (exact) mass is 635 g/mol. The third-order valence-electron chi connectivity index (χ3n) is 7.30. The van der Waals surface area contributed by atoms with Crippen molar-refractivity contribution in [3.05, 3.63) is 84.1 Å². The first-order valence-electron chi connectivity index (χ1n) is 14.3. The topological polar surface area (TPSA) is 215 Å². The number of rotatable bonds is 16. The summed E-state index contributed by atoms with van der Waals surface area (Å²) in [4.78, 5) is 62.4. The molecule has 4 rings (SSSR count). The SMILES string of the molecule is CSCCC(NC(=O)C(Cc1c[nH]c2ccccc12)NC(=O)C(N)Cc1cnc[nH]1)C(=O)NC(Cc1ccc(O)cc1)C(=O)O. The quantitative estimate of drug-likeness (QED) is 0.0888. The van der Waals surface area contributed by atoms with Crippen LogP contribution in [0.25, 0.3) is 10.9 Å². The number of nitrogens with zero attached hydrogens (tertiary/aromatic N) is 1. The summed E-state index contributed by atoms with van der Waals surface area (Å²) in [5.74, 6) is -2.56. The van der Waals surface area contributed by atoms with Gasteiger partial charge in [-0.2, -0.15) is 11.8 Å². The van der Waals surface area contributed by atoms with Gasteiger partial charge in [-0.25, -0.2) is 9.78 Å². The van der Waals surface area contributed by atoms with Crippen LogP contribution in [0, 0.1) is 0 Å². The number of aromatic hydroxyl groups is 1. The molecule has 0 bridgehead atoms. The van der Waals surface area contributed by atoms with Gasteiger partial charge >= 0.3 is 5.97 Å². The molecular formula is C31H37N7O6S. The molecule has 4 unspecified atom stereocenters. The number of thioether (sulfide) groups is 1. The van der Waals surface area contributed by atoms with Crippen LogP contribution in [0.2, 0.25) is 0 Å². The number of hydrogen-bond acceptors (Lipinski definition) is 8. The second-order valence-electron chi connectivity index (χ2n) is 10.6. The van der Waals surface area contributed by atoms with Gasteiger partial charge in [-0.1, -0.05) is 30.3 Å². The van der Waals surface area contributed by atoms with E-state index in [-0.39, 0.29) is 31.4 Å². The highest BCUT2D eigenvalue weighted by atomic mass is 32.2. The molecule has 9 N–H and O–H groups in total. The number of carboxylic acid groups (broad SMARTS) is 1. The highest BCUT2D eigenvalue weighted by molar-refractivity contribution is 7.98. The van der Waals surface area contributed by atoms with Crippen LogP contribution in [0.4, 0.5) is 0 Å². The molecule has 14 heteroatoms. The van der Waals surface area contributed by atoms with Crippen LogP contribution in [-0.2, 0) is 38.4 Å². The lowest BCUT2D eigenvalue weighted by atomic mass is 10.0. The summed E-state index contributed by atoms with van der Waals surface area (Å²) in [7, 11) is 0. The van der Waals surface area contributed by atoms with E-state index in [4.69, 9.17) is 5.73 Å². The Labute approximate surface area is 263 Å². The predicted octanol–water partition coefficient (Wildman–Crippen LogP) is 1.24. The van der Waals surface area contributed by atoms with E-state index in [1.807, 2.05) is 30.5 Å². The van der Waals surface area contributed by atoms with Gasteiger partial charge in [-0.3, -0.25) is 14.4 Å². The number of carboxylic acids is 1. The summed E-state index contributed by atoms with van der Waals surface area (Å²) in [6.07, 6.45) is 7.12. The maximum atomic E-state index is 13.8. The van der Waals surface area contributed by atoms with Crippen molar-refractivity contribution in [2.75, 3.05) is 12.0 Å². The minimum absolute atomic E-state index is 0.0297. The van der Waals surface area contributed by atoms with E-state index < -0.39 is 47.9 Å². The summed E-state index contributed by atoms with van der Waals surface area (Å²) in [5.41, 5.74) is 9.05. The fourth-order valence-corrected chi connectivity index (χ4v) is 5.32. The Bertz CT molecular complexity index is 1590. The number of nitrogens with one attached hydrogen (secondary N) is 5. The van der Waals surface area contributed by atoms with Crippen LogP contribution in [0.3, 0.4) is 0 Å². The fourth-order valence-electron chi connectivity index (χ4n) is 4.85. The lowest BCUT2D eigenvalue weighted by Gasteiger charge is -2.25. The second-order valence-corrected chi connectivity index (χ2v) is 11.6. The molecule has 2 heterocycles. The number of benzene rings is 2. The standard InChI is InChI=1S/C31H37N7O6S/c1-45-11-10-25(29(41)38-27(31(43)44)12-18-6-8-21(39)9-7-18)36-30(42)26(13-19-15-34-24-5-3-2-4-22(19)24)37-28(40)23(32)14-20-16-33-17-35-20/h2-9,15-17,23,25-27,34,39H,10-14,32H2,1H3,(H,33,35)(H,36,42)(H,37,40)(H,38,41)(H,43,44). The van der Waals surface area contributed by atoms with Crippen molar-refractivity contribution >= 4 is 46.4 Å². The van der Waals surface area contributed by atoms with Crippen LogP contribution in [-0.4, -0.2) is 85.0 Å². The summed E-state index contributed by atoms with van der Waals surface area (Å²) in [6, 6.07) is 9.11. The third kappa shape index (κ3) is 9.33. The zero-order valence-electron chi connectivity index (χ0n) is 24.7. The number of H-pyrrole nitrogens is 2. The molecule has 13 nitrogen and oxygen atoms in total. The molecule has 0 spiro atoms. The van der Waals surface area contributed by atoms with Gasteiger partial charge in [0.2, 0.25) is 17.7 Å². The van der Waals surface area contributed by atoms with Crippen molar-refractivity contribution in [1.82, 2.24) is 30.9 Å². The molecule has 0 aliphatic heterocycles. The smallest absolute Gasteiger partial charge is 0.326 e. The highest BCUT2D eigenvalue weighted by Crippen LogP contribution is 2.19. The number of aromatic amines is 2. The number of phenols is 1. The molecule has 2 aromatic carbocycles. The molecule has 0 radical (unpaired) electrons. The van der Waals surface area contributed by atoms with E-state index in [2.05, 4.69) is 30.9 Å². The molecule has 0 saturated carbocycles. The second kappa shape index (κ2) is 15.8. The lowest BCUT2D eigenvalue weighted by Crippen LogP contribution is -2.58. The van der Waals surface area contributed by atoms with Crippen LogP contribution < -0.4 is 21.7 Å². The molecular weight excluding hydrogens is 598 g/mol. The number of fused-ring (bicyclic) bond motifs is 1. The summed E-state index contributed by atoms with van der Waals surface area (Å²) < 4.78 is 0. The van der Waals surface area contributed by atoms with Gasteiger partial charge in [0.15, 0.2) is 0 Å². The Morgan fingerprint density at radius 2 is 1.58 bits per heavy atom. The zero-order valence-corrected chi connectivity index (χ0v) is 25.5. The molecule has 4 aromatic rings. The van der Waals surface area contributed by atoms with Gasteiger partial charge in [0.25, 0.3) is 0 Å². The van der Waals surface area contributed by atoms with E-state index in [1.165, 1.54) is 30.2 Å². The molecule has 0 aliphatic carbocycles. The van der Waals surface area contributed by atoms with Gasteiger partial charge in [0, 0.05) is 48.3 Å². The maximum Gasteiger partial charge on any atom is 0.326 e. The molecule has 4 atom stereocenters. The molecule has 0 aliphatic rings. The number of amides is 3. The van der Waals surface area contributed by atoms with E-state index >= 15 is 0 Å². The van der Waals surface area contributed by atoms with Crippen LogP contribution in [0.5, 0.6) is 5.75 Å². The van der Waals surface area contributed by atoms with Crippen molar-refractivity contribution in [1.29, 1.82) is 0 Å². The van der Waals surface area contributed by atoms with Crippen LogP contribution in [0.1, 0.15) is 23.2 Å². The first-order valence-corrected chi connectivity index (χ1v) is 15.7. The Morgan fingerprint density at radius 3 is 2.27 bits per heavy atom. The van der Waals surface area contributed by atoms with Crippen molar-refractivity contribution < 1.29 is 29.4 Å². The Morgan fingerprint density at radius 1 is 0.889 bits per heavy atom. The molecule has 0 fully saturated rings. The molecule has 238 valence electrons. The number of hydrogen-bond donors (Lipinski definition) is 8. The van der Waals surface area contributed by atoms with Crippen molar-refractivity contribution in [2.24, 2.45) is 5.73 Å². The van der Waals surface area contributed by atoms with E-state index in [1.54, 1.807) is 24.5 Å². The average molecular weight is 636 g/mol. The van der Waals surface area contributed by atoms with Crippen molar-refractivity contribution in [3.8, 4) is 5.75 Å². The minimum Gasteiger partial charge on any atom is -0.508 e. The molecule has 2 aromatic heterocycles. The third-order valence-corrected chi connectivity index (χ3v) is 7.94.